The molecule has 20 heavy (non-hydrogen) atoms. The van der Waals surface area contributed by atoms with Gasteiger partial charge in [0.05, 0.1) is 16.1 Å². The Labute approximate surface area is 126 Å². The molecular formula is C15H13Cl2F2N. The van der Waals surface area contributed by atoms with Crippen LogP contribution in [0.4, 0.5) is 14.5 Å². The van der Waals surface area contributed by atoms with Crippen LogP contribution in [0.2, 0.25) is 10.0 Å². The van der Waals surface area contributed by atoms with Crippen molar-refractivity contribution >= 4 is 28.9 Å². The third-order valence-electron chi connectivity index (χ3n) is 2.96. The summed E-state index contributed by atoms with van der Waals surface area (Å²) in [6.45, 7) is 1.97. The van der Waals surface area contributed by atoms with Gasteiger partial charge in [0, 0.05) is 11.8 Å². The van der Waals surface area contributed by atoms with Crippen molar-refractivity contribution in [2.45, 2.75) is 19.4 Å². The fourth-order valence-electron chi connectivity index (χ4n) is 1.99. The number of benzene rings is 2. The van der Waals surface area contributed by atoms with E-state index in [1.807, 2.05) is 13.0 Å². The van der Waals surface area contributed by atoms with Crippen molar-refractivity contribution in [3.05, 3.63) is 63.6 Å². The van der Waals surface area contributed by atoms with Gasteiger partial charge in [0.15, 0.2) is 0 Å². The van der Waals surface area contributed by atoms with E-state index in [2.05, 4.69) is 5.32 Å². The monoisotopic (exact) mass is 315 g/mol. The van der Waals surface area contributed by atoms with Crippen molar-refractivity contribution in [2.24, 2.45) is 0 Å². The first kappa shape index (κ1) is 15.1. The van der Waals surface area contributed by atoms with Gasteiger partial charge in [-0.3, -0.25) is 0 Å². The number of anilines is 1. The maximum atomic E-state index is 13.2. The Morgan fingerprint density at radius 1 is 1.00 bits per heavy atom. The summed E-state index contributed by atoms with van der Waals surface area (Å²) in [6.07, 6.45) is 0.732. The summed E-state index contributed by atoms with van der Waals surface area (Å²) in [4.78, 5) is 0. The van der Waals surface area contributed by atoms with E-state index in [9.17, 15) is 8.78 Å². The molecule has 0 amide bonds. The highest BCUT2D eigenvalue weighted by molar-refractivity contribution is 6.42. The maximum Gasteiger partial charge on any atom is 0.128 e. The fraction of sp³-hybridized carbons (Fsp3) is 0.200. The van der Waals surface area contributed by atoms with Crippen molar-refractivity contribution in [1.29, 1.82) is 0 Å². The zero-order valence-electron chi connectivity index (χ0n) is 10.8. The standard InChI is InChI=1S/C15H13Cl2F2N/c1-2-15(9-3-4-13(16)14(17)5-9)20-12-7-10(18)6-11(19)8-12/h3-8,15,20H,2H2,1H3. The highest BCUT2D eigenvalue weighted by atomic mass is 35.5. The third-order valence-corrected chi connectivity index (χ3v) is 3.70. The molecule has 1 nitrogen and oxygen atoms in total. The second-order valence-corrected chi connectivity index (χ2v) is 5.25. The molecular weight excluding hydrogens is 303 g/mol. The Kier molecular flexibility index (Phi) is 4.84. The van der Waals surface area contributed by atoms with Crippen LogP contribution in [0.15, 0.2) is 36.4 Å². The lowest BCUT2D eigenvalue weighted by molar-refractivity contribution is 0.583. The lowest BCUT2D eigenvalue weighted by Crippen LogP contribution is -2.10. The van der Waals surface area contributed by atoms with Crippen LogP contribution < -0.4 is 5.32 Å². The minimum Gasteiger partial charge on any atom is -0.378 e. The van der Waals surface area contributed by atoms with Crippen LogP contribution in [0, 0.1) is 11.6 Å². The normalized spacial score (nSPS) is 12.2. The Morgan fingerprint density at radius 3 is 2.20 bits per heavy atom. The molecule has 106 valence electrons. The molecule has 0 radical (unpaired) electrons. The van der Waals surface area contributed by atoms with E-state index in [4.69, 9.17) is 23.2 Å². The van der Waals surface area contributed by atoms with Crippen molar-refractivity contribution in [3.63, 3.8) is 0 Å². The van der Waals surface area contributed by atoms with Crippen molar-refractivity contribution < 1.29 is 8.78 Å². The van der Waals surface area contributed by atoms with Crippen molar-refractivity contribution in [1.82, 2.24) is 0 Å². The second kappa shape index (κ2) is 6.42. The van der Waals surface area contributed by atoms with Gasteiger partial charge < -0.3 is 5.32 Å². The summed E-state index contributed by atoms with van der Waals surface area (Å²) in [5, 5.41) is 4.02. The van der Waals surface area contributed by atoms with Crippen LogP contribution in [-0.4, -0.2) is 0 Å². The molecule has 0 fully saturated rings. The van der Waals surface area contributed by atoms with E-state index in [1.165, 1.54) is 12.1 Å². The van der Waals surface area contributed by atoms with Gasteiger partial charge in [0.2, 0.25) is 0 Å². The van der Waals surface area contributed by atoms with E-state index < -0.39 is 11.6 Å². The first-order chi connectivity index (χ1) is 9.49. The van der Waals surface area contributed by atoms with E-state index in [0.29, 0.717) is 15.7 Å². The van der Waals surface area contributed by atoms with E-state index >= 15 is 0 Å². The first-order valence-electron chi connectivity index (χ1n) is 6.17. The Bertz CT molecular complexity index is 597. The second-order valence-electron chi connectivity index (χ2n) is 4.44. The summed E-state index contributed by atoms with van der Waals surface area (Å²) in [7, 11) is 0. The lowest BCUT2D eigenvalue weighted by Gasteiger charge is -2.19. The summed E-state index contributed by atoms with van der Waals surface area (Å²) < 4.78 is 26.4. The SMILES string of the molecule is CCC(Nc1cc(F)cc(F)c1)c1ccc(Cl)c(Cl)c1. The summed E-state index contributed by atoms with van der Waals surface area (Å²) in [5.41, 5.74) is 1.30. The van der Waals surface area contributed by atoms with E-state index in [0.717, 1.165) is 18.1 Å². The molecule has 0 aliphatic rings. The summed E-state index contributed by atoms with van der Waals surface area (Å²) >= 11 is 11.9. The van der Waals surface area contributed by atoms with Crippen LogP contribution in [-0.2, 0) is 0 Å². The first-order valence-corrected chi connectivity index (χ1v) is 6.92. The zero-order chi connectivity index (χ0) is 14.7. The molecule has 2 aromatic rings. The summed E-state index contributed by atoms with van der Waals surface area (Å²) in [5.74, 6) is -1.23. The number of hydrogen-bond donors (Lipinski definition) is 1. The number of rotatable bonds is 4. The smallest absolute Gasteiger partial charge is 0.128 e. The molecule has 5 heteroatoms. The van der Waals surface area contributed by atoms with Crippen LogP contribution in [0.25, 0.3) is 0 Å². The summed E-state index contributed by atoms with van der Waals surface area (Å²) in [6, 6.07) is 8.53. The molecule has 0 bridgehead atoms. The van der Waals surface area contributed by atoms with Gasteiger partial charge in [0.25, 0.3) is 0 Å². The molecule has 0 aliphatic heterocycles. The van der Waals surface area contributed by atoms with Crippen LogP contribution in [0.1, 0.15) is 24.9 Å². The molecule has 0 saturated heterocycles. The molecule has 0 spiro atoms. The van der Waals surface area contributed by atoms with Gasteiger partial charge in [0.1, 0.15) is 11.6 Å². The number of nitrogens with one attached hydrogen (secondary N) is 1. The molecule has 2 aromatic carbocycles. The minimum absolute atomic E-state index is 0.106. The van der Waals surface area contributed by atoms with Gasteiger partial charge in [-0.25, -0.2) is 8.78 Å². The van der Waals surface area contributed by atoms with Crippen molar-refractivity contribution in [3.8, 4) is 0 Å². The molecule has 0 saturated carbocycles. The largest absolute Gasteiger partial charge is 0.378 e. The quantitative estimate of drug-likeness (QED) is 0.748. The van der Waals surface area contributed by atoms with Gasteiger partial charge in [-0.15, -0.1) is 0 Å². The van der Waals surface area contributed by atoms with Crippen LogP contribution in [0.3, 0.4) is 0 Å². The predicted octanol–water partition coefficient (Wildman–Crippen LogP) is 5.83. The van der Waals surface area contributed by atoms with Crippen molar-refractivity contribution in [2.75, 3.05) is 5.32 Å². The van der Waals surface area contributed by atoms with E-state index in [-0.39, 0.29) is 6.04 Å². The lowest BCUT2D eigenvalue weighted by atomic mass is 10.0. The molecule has 0 aromatic heterocycles. The number of hydrogen-bond acceptors (Lipinski definition) is 1. The Balaban J connectivity index is 2.26. The highest BCUT2D eigenvalue weighted by Crippen LogP contribution is 2.29. The van der Waals surface area contributed by atoms with Gasteiger partial charge >= 0.3 is 0 Å². The zero-order valence-corrected chi connectivity index (χ0v) is 12.3. The average Bonchev–Trinajstić information content (AvgIpc) is 2.38. The third kappa shape index (κ3) is 3.62. The van der Waals surface area contributed by atoms with E-state index in [1.54, 1.807) is 12.1 Å². The Morgan fingerprint density at radius 2 is 1.65 bits per heavy atom. The topological polar surface area (TPSA) is 12.0 Å². The molecule has 1 N–H and O–H groups in total. The molecule has 1 unspecified atom stereocenters. The molecule has 0 heterocycles. The van der Waals surface area contributed by atoms with Crippen LogP contribution >= 0.6 is 23.2 Å². The van der Waals surface area contributed by atoms with Crippen LogP contribution in [0.5, 0.6) is 0 Å². The molecule has 0 aliphatic carbocycles. The van der Waals surface area contributed by atoms with Gasteiger partial charge in [-0.1, -0.05) is 36.2 Å². The van der Waals surface area contributed by atoms with Gasteiger partial charge in [-0.05, 0) is 36.2 Å². The fourth-order valence-corrected chi connectivity index (χ4v) is 2.30. The molecule has 1 atom stereocenters. The predicted molar refractivity (Wildman–Crippen MR) is 79.5 cm³/mol. The maximum absolute atomic E-state index is 13.2. The number of halogens is 4. The van der Waals surface area contributed by atoms with Gasteiger partial charge in [-0.2, -0.15) is 0 Å². The average molecular weight is 316 g/mol. The molecule has 2 rings (SSSR count). The minimum atomic E-state index is -0.614. The highest BCUT2D eigenvalue weighted by Gasteiger charge is 2.12. The Hall–Kier alpha value is -1.32.